The maximum absolute atomic E-state index is 11.3. The summed E-state index contributed by atoms with van der Waals surface area (Å²) in [4.78, 5) is 0. The van der Waals surface area contributed by atoms with Crippen molar-refractivity contribution in [2.45, 2.75) is 118 Å². The van der Waals surface area contributed by atoms with E-state index in [0.29, 0.717) is 11.8 Å². The molecule has 5 aliphatic carbocycles. The van der Waals surface area contributed by atoms with Crippen molar-refractivity contribution in [3.63, 3.8) is 0 Å². The molecule has 0 radical (unpaired) electrons. The molecule has 4 N–H and O–H groups in total. The monoisotopic (exact) mass is 474 g/mol. The molecule has 0 aromatic rings. The minimum Gasteiger partial charge on any atom is -0.396 e. The van der Waals surface area contributed by atoms with Crippen molar-refractivity contribution < 1.29 is 20.4 Å². The van der Waals surface area contributed by atoms with Crippen LogP contribution in [0.5, 0.6) is 0 Å². The maximum Gasteiger partial charge on any atom is 0.0888 e. The van der Waals surface area contributed by atoms with Gasteiger partial charge in [0.1, 0.15) is 0 Å². The van der Waals surface area contributed by atoms with Crippen LogP contribution >= 0.6 is 0 Å². The Kier molecular flexibility index (Phi) is 5.44. The van der Waals surface area contributed by atoms with E-state index in [2.05, 4.69) is 54.5 Å². The third kappa shape index (κ3) is 2.81. The minimum absolute atomic E-state index is 0.0333. The Morgan fingerprint density at radius 2 is 1.50 bits per heavy atom. The van der Waals surface area contributed by atoms with Gasteiger partial charge in [-0.15, -0.1) is 0 Å². The summed E-state index contributed by atoms with van der Waals surface area (Å²) in [7, 11) is 0. The Bertz CT molecular complexity index is 877. The van der Waals surface area contributed by atoms with E-state index in [-0.39, 0.29) is 45.7 Å². The quantitative estimate of drug-likeness (QED) is 0.399. The smallest absolute Gasteiger partial charge is 0.0888 e. The molecule has 34 heavy (non-hydrogen) atoms. The number of fused-ring (bicyclic) bond motifs is 7. The SMILES string of the molecule is CC1(C)CC2C3=CCC4[C@@]5(C)CC[C@H](O)C(C)(C)C5CC[C@@]4(C)[C@]3(C)CC[C@@]2(CO)[C@@H](O)[C@@H]1O. The van der Waals surface area contributed by atoms with E-state index in [0.717, 1.165) is 38.5 Å². The number of hydrogen-bond acceptors (Lipinski definition) is 4. The van der Waals surface area contributed by atoms with E-state index in [1.807, 2.05) is 0 Å². The normalized spacial score (nSPS) is 55.8. The van der Waals surface area contributed by atoms with Gasteiger partial charge < -0.3 is 20.4 Å². The van der Waals surface area contributed by atoms with Crippen molar-refractivity contribution in [2.75, 3.05) is 6.61 Å². The van der Waals surface area contributed by atoms with Crippen molar-refractivity contribution in [3.8, 4) is 0 Å². The Morgan fingerprint density at radius 3 is 2.15 bits per heavy atom. The fraction of sp³-hybridized carbons (Fsp3) is 0.933. The van der Waals surface area contributed by atoms with Gasteiger partial charge in [0.2, 0.25) is 0 Å². The first-order valence-corrected chi connectivity index (χ1v) is 14.0. The summed E-state index contributed by atoms with van der Waals surface area (Å²) in [5, 5.41) is 43.9. The van der Waals surface area contributed by atoms with Crippen LogP contribution in [0.4, 0.5) is 0 Å². The molecule has 0 aromatic carbocycles. The second kappa shape index (κ2) is 7.33. The highest BCUT2D eigenvalue weighted by molar-refractivity contribution is 5.35. The third-order valence-electron chi connectivity index (χ3n) is 13.4. The van der Waals surface area contributed by atoms with Crippen LogP contribution in [0.3, 0.4) is 0 Å². The van der Waals surface area contributed by atoms with Crippen molar-refractivity contribution in [3.05, 3.63) is 11.6 Å². The molecule has 0 amide bonds. The molecular weight excluding hydrogens is 424 g/mol. The van der Waals surface area contributed by atoms with Crippen molar-refractivity contribution >= 4 is 0 Å². The van der Waals surface area contributed by atoms with Crippen LogP contribution in [0.25, 0.3) is 0 Å². The van der Waals surface area contributed by atoms with Crippen LogP contribution in [-0.4, -0.2) is 45.3 Å². The van der Waals surface area contributed by atoms with Crippen LogP contribution in [0.2, 0.25) is 0 Å². The van der Waals surface area contributed by atoms with Crippen LogP contribution in [0, 0.1) is 50.2 Å². The average molecular weight is 475 g/mol. The maximum atomic E-state index is 11.3. The van der Waals surface area contributed by atoms with E-state index in [4.69, 9.17) is 0 Å². The van der Waals surface area contributed by atoms with Gasteiger partial charge in [0, 0.05) is 5.41 Å². The summed E-state index contributed by atoms with van der Waals surface area (Å²) in [6.45, 7) is 16.2. The second-order valence-corrected chi connectivity index (χ2v) is 15.2. The zero-order chi connectivity index (χ0) is 25.1. The number of aliphatic hydroxyl groups is 4. The lowest BCUT2D eigenvalue weighted by Gasteiger charge is -2.72. The molecule has 0 bridgehead atoms. The molecule has 0 spiro atoms. The molecule has 10 atom stereocenters. The summed E-state index contributed by atoms with van der Waals surface area (Å²) in [5.74, 6) is 1.22. The van der Waals surface area contributed by atoms with E-state index >= 15 is 0 Å². The Labute approximate surface area is 207 Å². The molecule has 4 heteroatoms. The van der Waals surface area contributed by atoms with E-state index in [9.17, 15) is 20.4 Å². The molecule has 5 aliphatic rings. The van der Waals surface area contributed by atoms with Crippen molar-refractivity contribution in [1.29, 1.82) is 0 Å². The molecule has 0 aromatic heterocycles. The molecule has 0 heterocycles. The molecular formula is C30H50O4. The first-order chi connectivity index (χ1) is 15.6. The van der Waals surface area contributed by atoms with Crippen LogP contribution in [0.15, 0.2) is 11.6 Å². The predicted octanol–water partition coefficient (Wildman–Crippen LogP) is 5.08. The Morgan fingerprint density at radius 1 is 0.824 bits per heavy atom. The van der Waals surface area contributed by atoms with E-state index in [1.54, 1.807) is 0 Å². The fourth-order valence-electron chi connectivity index (χ4n) is 10.8. The third-order valence-corrected chi connectivity index (χ3v) is 13.4. The molecule has 4 fully saturated rings. The number of rotatable bonds is 1. The van der Waals surface area contributed by atoms with Crippen LogP contribution in [0.1, 0.15) is 99.8 Å². The zero-order valence-electron chi connectivity index (χ0n) is 22.7. The molecule has 194 valence electrons. The van der Waals surface area contributed by atoms with Gasteiger partial charge in [0.25, 0.3) is 0 Å². The average Bonchev–Trinajstić information content (AvgIpc) is 2.76. The van der Waals surface area contributed by atoms with Crippen molar-refractivity contribution in [2.24, 2.45) is 50.2 Å². The first-order valence-electron chi connectivity index (χ1n) is 14.0. The summed E-state index contributed by atoms with van der Waals surface area (Å²) < 4.78 is 0. The predicted molar refractivity (Wildman–Crippen MR) is 135 cm³/mol. The standard InChI is InChI=1S/C30H50O4/c1-25(2)16-19-18-8-9-21-27(5)12-11-22(32)26(3,4)20(27)10-13-29(21,7)28(18,6)14-15-30(19,17-31)24(34)23(25)33/h8,19-24,31-34H,9-17H2,1-7H3/t19?,20?,21?,22-,23-,24-,27-,28+,29+,30-/m0/s1. The topological polar surface area (TPSA) is 80.9 Å². The van der Waals surface area contributed by atoms with Crippen LogP contribution in [-0.2, 0) is 0 Å². The molecule has 0 aliphatic heterocycles. The highest BCUT2D eigenvalue weighted by atomic mass is 16.3. The van der Waals surface area contributed by atoms with Gasteiger partial charge in [-0.2, -0.15) is 0 Å². The summed E-state index contributed by atoms with van der Waals surface area (Å²) >= 11 is 0. The minimum atomic E-state index is -0.892. The van der Waals surface area contributed by atoms with Gasteiger partial charge in [-0.1, -0.05) is 60.1 Å². The summed E-state index contributed by atoms with van der Waals surface area (Å²) in [5.41, 5.74) is 0.801. The van der Waals surface area contributed by atoms with Crippen molar-refractivity contribution in [1.82, 2.24) is 0 Å². The number of aliphatic hydroxyl groups excluding tert-OH is 4. The highest BCUT2D eigenvalue weighted by Crippen LogP contribution is 2.75. The number of hydrogen-bond donors (Lipinski definition) is 4. The lowest BCUT2D eigenvalue weighted by molar-refractivity contribution is -0.227. The van der Waals surface area contributed by atoms with Gasteiger partial charge in [-0.05, 0) is 96.2 Å². The zero-order valence-corrected chi connectivity index (χ0v) is 22.7. The highest BCUT2D eigenvalue weighted by Gasteiger charge is 2.69. The molecule has 4 saturated carbocycles. The summed E-state index contributed by atoms with van der Waals surface area (Å²) in [6, 6.07) is 0. The lowest BCUT2D eigenvalue weighted by Crippen LogP contribution is -2.67. The van der Waals surface area contributed by atoms with Crippen LogP contribution < -0.4 is 0 Å². The largest absolute Gasteiger partial charge is 0.396 e. The number of allylic oxidation sites excluding steroid dienone is 2. The Balaban J connectivity index is 1.60. The van der Waals surface area contributed by atoms with Gasteiger partial charge in [0.05, 0.1) is 24.9 Å². The Hall–Kier alpha value is -0.420. The van der Waals surface area contributed by atoms with E-state index < -0.39 is 17.6 Å². The molecule has 3 unspecified atom stereocenters. The van der Waals surface area contributed by atoms with Gasteiger partial charge >= 0.3 is 0 Å². The van der Waals surface area contributed by atoms with E-state index in [1.165, 1.54) is 18.4 Å². The lowest BCUT2D eigenvalue weighted by atomic mass is 9.33. The summed E-state index contributed by atoms with van der Waals surface area (Å²) in [6.07, 6.45) is 8.54. The van der Waals surface area contributed by atoms with Gasteiger partial charge in [-0.3, -0.25) is 0 Å². The molecule has 0 saturated heterocycles. The first kappa shape index (κ1) is 25.2. The second-order valence-electron chi connectivity index (χ2n) is 15.2. The van der Waals surface area contributed by atoms with Gasteiger partial charge in [0.15, 0.2) is 0 Å². The fourth-order valence-corrected chi connectivity index (χ4v) is 10.8. The molecule has 4 nitrogen and oxygen atoms in total. The van der Waals surface area contributed by atoms with Gasteiger partial charge in [-0.25, -0.2) is 0 Å². The molecule has 5 rings (SSSR count).